The lowest BCUT2D eigenvalue weighted by Crippen LogP contribution is -2.41. The number of ether oxygens (including phenoxy) is 2. The molecule has 2 saturated heterocycles. The number of nitrogens with zero attached hydrogens (tertiary/aromatic N) is 1. The first-order valence-corrected chi connectivity index (χ1v) is 10.6. The van der Waals surface area contributed by atoms with Gasteiger partial charge in [-0.1, -0.05) is 13.8 Å². The van der Waals surface area contributed by atoms with E-state index in [1.54, 1.807) is 0 Å². The first-order chi connectivity index (χ1) is 12.8. The summed E-state index contributed by atoms with van der Waals surface area (Å²) in [5.74, 6) is -0.425. The van der Waals surface area contributed by atoms with E-state index in [-0.39, 0.29) is 18.0 Å². The zero-order valence-electron chi connectivity index (χ0n) is 16.5. The normalized spacial score (nSPS) is 21.0. The van der Waals surface area contributed by atoms with Crippen LogP contribution >= 0.6 is 11.3 Å². The van der Waals surface area contributed by atoms with Crippen LogP contribution < -0.4 is 5.32 Å². The molecule has 1 amide bonds. The molecule has 2 aliphatic heterocycles. The zero-order chi connectivity index (χ0) is 19.4. The molecule has 1 aromatic rings. The molecule has 150 valence electrons. The topological polar surface area (TPSA) is 67.9 Å². The fourth-order valence-corrected chi connectivity index (χ4v) is 4.33. The molecule has 0 bridgehead atoms. The van der Waals surface area contributed by atoms with Gasteiger partial charge in [0.2, 0.25) is 5.91 Å². The number of anilines is 1. The van der Waals surface area contributed by atoms with Gasteiger partial charge in [0, 0.05) is 12.8 Å². The molecule has 1 N–H and O–H groups in total. The molecule has 6 nitrogen and oxygen atoms in total. The largest absolute Gasteiger partial charge is 0.458 e. The van der Waals surface area contributed by atoms with Gasteiger partial charge >= 0.3 is 5.97 Å². The number of piperidine rings is 1. The monoisotopic (exact) mass is 394 g/mol. The van der Waals surface area contributed by atoms with Crippen LogP contribution in [-0.2, 0) is 14.3 Å². The van der Waals surface area contributed by atoms with Crippen LogP contribution in [0, 0.1) is 12.3 Å². The van der Waals surface area contributed by atoms with Crippen molar-refractivity contribution >= 4 is 28.9 Å². The Balaban J connectivity index is 1.57. The smallest absolute Gasteiger partial charge is 0.350 e. The molecule has 27 heavy (non-hydrogen) atoms. The summed E-state index contributed by atoms with van der Waals surface area (Å²) in [7, 11) is 0. The third-order valence-electron chi connectivity index (χ3n) is 5.44. The van der Waals surface area contributed by atoms with Gasteiger partial charge < -0.3 is 14.8 Å². The number of hydrogen-bond donors (Lipinski definition) is 1. The van der Waals surface area contributed by atoms with Gasteiger partial charge in [0.05, 0.1) is 25.4 Å². The number of aryl methyl sites for hydroxylation is 1. The second kappa shape index (κ2) is 8.71. The van der Waals surface area contributed by atoms with Gasteiger partial charge in [-0.3, -0.25) is 9.69 Å². The molecule has 0 spiro atoms. The molecule has 3 heterocycles. The number of rotatable bonds is 5. The lowest BCUT2D eigenvalue weighted by Gasteiger charge is -2.36. The summed E-state index contributed by atoms with van der Waals surface area (Å²) in [5, 5.41) is 4.84. The Bertz CT molecular complexity index is 670. The Labute approximate surface area is 165 Å². The van der Waals surface area contributed by atoms with Crippen molar-refractivity contribution in [3.8, 4) is 0 Å². The minimum atomic E-state index is -0.352. The molecule has 1 aromatic heterocycles. The van der Waals surface area contributed by atoms with E-state index in [1.807, 2.05) is 12.3 Å². The lowest BCUT2D eigenvalue weighted by atomic mass is 9.83. The van der Waals surface area contributed by atoms with Crippen LogP contribution in [-0.4, -0.2) is 55.7 Å². The first kappa shape index (κ1) is 20.3. The number of likely N-dealkylation sites (tertiary alicyclic amines) is 1. The summed E-state index contributed by atoms with van der Waals surface area (Å²) in [5.41, 5.74) is 1.85. The van der Waals surface area contributed by atoms with Gasteiger partial charge in [0.25, 0.3) is 0 Å². The maximum atomic E-state index is 12.6. The fourth-order valence-electron chi connectivity index (χ4n) is 3.45. The highest BCUT2D eigenvalue weighted by Gasteiger charge is 2.27. The zero-order valence-corrected chi connectivity index (χ0v) is 17.3. The highest BCUT2D eigenvalue weighted by atomic mass is 32.1. The molecule has 0 aliphatic carbocycles. The molecule has 0 unspecified atom stereocenters. The van der Waals surface area contributed by atoms with Gasteiger partial charge in [0.1, 0.15) is 11.0 Å². The molecular formula is C20H30N2O4S. The maximum Gasteiger partial charge on any atom is 0.350 e. The van der Waals surface area contributed by atoms with Crippen molar-refractivity contribution in [1.29, 1.82) is 0 Å². The third-order valence-corrected chi connectivity index (χ3v) is 6.52. The van der Waals surface area contributed by atoms with Gasteiger partial charge in [-0.15, -0.1) is 11.3 Å². The fraction of sp³-hybridized carbons (Fsp3) is 0.700. The Hall–Kier alpha value is -1.44. The van der Waals surface area contributed by atoms with Gasteiger partial charge in [-0.05, 0) is 49.2 Å². The predicted molar refractivity (Wildman–Crippen MR) is 106 cm³/mol. The Morgan fingerprint density at radius 3 is 2.63 bits per heavy atom. The standard InChI is InChI=1S/C20H30N2O4S/c1-14-13-27-18(19(24)26-15-4-10-25-11-5-15)17(14)21-16(23)12-22-8-6-20(2,3)7-9-22/h13,15H,4-12H2,1-3H3,(H,21,23). The number of nitrogens with one attached hydrogen (secondary N) is 1. The summed E-state index contributed by atoms with van der Waals surface area (Å²) in [6.45, 7) is 9.92. The van der Waals surface area contributed by atoms with Crippen molar-refractivity contribution in [3.05, 3.63) is 15.8 Å². The van der Waals surface area contributed by atoms with Crippen LogP contribution in [0.5, 0.6) is 0 Å². The minimum absolute atomic E-state index is 0.0728. The van der Waals surface area contributed by atoms with Crippen molar-refractivity contribution in [2.75, 3.05) is 38.2 Å². The number of hydrogen-bond acceptors (Lipinski definition) is 6. The minimum Gasteiger partial charge on any atom is -0.458 e. The van der Waals surface area contributed by atoms with Crippen LogP contribution in [0.3, 0.4) is 0 Å². The molecule has 0 radical (unpaired) electrons. The van der Waals surface area contributed by atoms with Crippen molar-refractivity contribution in [1.82, 2.24) is 4.90 Å². The van der Waals surface area contributed by atoms with Crippen molar-refractivity contribution < 1.29 is 19.1 Å². The summed E-state index contributed by atoms with van der Waals surface area (Å²) < 4.78 is 10.9. The molecule has 2 fully saturated rings. The SMILES string of the molecule is Cc1csc(C(=O)OC2CCOCC2)c1NC(=O)CN1CCC(C)(C)CC1. The first-order valence-electron chi connectivity index (χ1n) is 9.73. The van der Waals surface area contributed by atoms with Gasteiger partial charge in [-0.2, -0.15) is 0 Å². The Morgan fingerprint density at radius 1 is 1.30 bits per heavy atom. The number of amides is 1. The maximum absolute atomic E-state index is 12.6. The Kier molecular flexibility index (Phi) is 6.55. The van der Waals surface area contributed by atoms with Crippen LogP contribution in [0.25, 0.3) is 0 Å². The third kappa shape index (κ3) is 5.53. The quantitative estimate of drug-likeness (QED) is 0.775. The number of carbonyl (C=O) groups excluding carboxylic acids is 2. The second-order valence-corrected chi connectivity index (χ2v) is 9.21. The van der Waals surface area contributed by atoms with Crippen molar-refractivity contribution in [2.45, 2.75) is 52.6 Å². The van der Waals surface area contributed by atoms with Crippen LogP contribution in [0.15, 0.2) is 5.38 Å². The predicted octanol–water partition coefficient (Wildman–Crippen LogP) is 3.45. The average Bonchev–Trinajstić information content (AvgIpc) is 2.98. The van der Waals surface area contributed by atoms with E-state index in [4.69, 9.17) is 9.47 Å². The van der Waals surface area contributed by atoms with E-state index in [2.05, 4.69) is 24.1 Å². The summed E-state index contributed by atoms with van der Waals surface area (Å²) >= 11 is 1.33. The van der Waals surface area contributed by atoms with E-state index in [1.165, 1.54) is 11.3 Å². The molecule has 0 atom stereocenters. The van der Waals surface area contributed by atoms with E-state index >= 15 is 0 Å². The van der Waals surface area contributed by atoms with Crippen LogP contribution in [0.1, 0.15) is 54.8 Å². The molecular weight excluding hydrogens is 364 g/mol. The number of esters is 1. The molecule has 7 heteroatoms. The molecule has 0 aromatic carbocycles. The van der Waals surface area contributed by atoms with Gasteiger partial charge in [-0.25, -0.2) is 4.79 Å². The molecule has 0 saturated carbocycles. The number of thiophene rings is 1. The highest BCUT2D eigenvalue weighted by Crippen LogP contribution is 2.31. The summed E-state index contributed by atoms with van der Waals surface area (Å²) in [6, 6.07) is 0. The number of carbonyl (C=O) groups is 2. The summed E-state index contributed by atoms with van der Waals surface area (Å²) in [6.07, 6.45) is 3.54. The lowest BCUT2D eigenvalue weighted by molar-refractivity contribution is -0.117. The van der Waals surface area contributed by atoms with Crippen LogP contribution in [0.2, 0.25) is 0 Å². The molecule has 2 aliphatic rings. The van der Waals surface area contributed by atoms with E-state index < -0.39 is 0 Å². The van der Waals surface area contributed by atoms with Crippen LogP contribution in [0.4, 0.5) is 5.69 Å². The van der Waals surface area contributed by atoms with Crippen molar-refractivity contribution in [3.63, 3.8) is 0 Å². The molecule has 3 rings (SSSR count). The highest BCUT2D eigenvalue weighted by molar-refractivity contribution is 7.12. The Morgan fingerprint density at radius 2 is 1.96 bits per heavy atom. The van der Waals surface area contributed by atoms with Gasteiger partial charge in [0.15, 0.2) is 0 Å². The van der Waals surface area contributed by atoms with E-state index in [9.17, 15) is 9.59 Å². The van der Waals surface area contributed by atoms with E-state index in [0.29, 0.717) is 35.7 Å². The van der Waals surface area contributed by atoms with E-state index in [0.717, 1.165) is 44.3 Å². The summed E-state index contributed by atoms with van der Waals surface area (Å²) in [4.78, 5) is 27.8. The second-order valence-electron chi connectivity index (χ2n) is 8.33. The average molecular weight is 395 g/mol. The van der Waals surface area contributed by atoms with Crippen molar-refractivity contribution in [2.24, 2.45) is 5.41 Å².